The van der Waals surface area contributed by atoms with Crippen molar-refractivity contribution in [2.75, 3.05) is 17.4 Å². The van der Waals surface area contributed by atoms with Gasteiger partial charge in [-0.1, -0.05) is 35.9 Å². The standard InChI is InChI=1S/C15H14ClN5/c1-21(10-6-3-2-4-7-10)14-13-11(16)8-5-9-12(13)18-15(19-14)20-17/h2-9H,17H2,1H3,(H,18,19,20). The summed E-state index contributed by atoms with van der Waals surface area (Å²) >= 11 is 6.33. The summed E-state index contributed by atoms with van der Waals surface area (Å²) in [6.07, 6.45) is 0. The van der Waals surface area contributed by atoms with Gasteiger partial charge in [0.05, 0.1) is 15.9 Å². The number of halogens is 1. The highest BCUT2D eigenvalue weighted by molar-refractivity contribution is 6.36. The van der Waals surface area contributed by atoms with Crippen LogP contribution in [0.5, 0.6) is 0 Å². The molecular weight excluding hydrogens is 286 g/mol. The van der Waals surface area contributed by atoms with Crippen molar-refractivity contribution in [3.63, 3.8) is 0 Å². The molecule has 0 atom stereocenters. The van der Waals surface area contributed by atoms with Gasteiger partial charge in [0.1, 0.15) is 5.82 Å². The number of hydrogen-bond acceptors (Lipinski definition) is 5. The Morgan fingerprint density at radius 3 is 2.52 bits per heavy atom. The third-order valence-corrected chi connectivity index (χ3v) is 3.56. The zero-order valence-electron chi connectivity index (χ0n) is 11.4. The third-order valence-electron chi connectivity index (χ3n) is 3.24. The average Bonchev–Trinajstić information content (AvgIpc) is 2.54. The first-order valence-corrected chi connectivity index (χ1v) is 6.80. The van der Waals surface area contributed by atoms with Crippen molar-refractivity contribution in [1.29, 1.82) is 0 Å². The number of fused-ring (bicyclic) bond motifs is 1. The van der Waals surface area contributed by atoms with Crippen molar-refractivity contribution in [3.8, 4) is 0 Å². The minimum absolute atomic E-state index is 0.350. The van der Waals surface area contributed by atoms with E-state index in [0.717, 1.165) is 16.6 Å². The quantitative estimate of drug-likeness (QED) is 0.573. The molecule has 1 aromatic heterocycles. The maximum absolute atomic E-state index is 6.33. The monoisotopic (exact) mass is 299 g/mol. The summed E-state index contributed by atoms with van der Waals surface area (Å²) in [6.45, 7) is 0. The maximum atomic E-state index is 6.33. The Bertz CT molecular complexity index is 776. The van der Waals surface area contributed by atoms with E-state index < -0.39 is 0 Å². The lowest BCUT2D eigenvalue weighted by atomic mass is 10.2. The number of nitrogens with two attached hydrogens (primary N) is 1. The number of anilines is 3. The molecule has 0 amide bonds. The fraction of sp³-hybridized carbons (Fsp3) is 0.0667. The van der Waals surface area contributed by atoms with Crippen LogP contribution >= 0.6 is 11.6 Å². The van der Waals surface area contributed by atoms with E-state index in [1.165, 1.54) is 0 Å². The van der Waals surface area contributed by atoms with Crippen LogP contribution in [0.15, 0.2) is 48.5 Å². The third kappa shape index (κ3) is 2.49. The summed E-state index contributed by atoms with van der Waals surface area (Å²) in [4.78, 5) is 10.7. The number of rotatable bonds is 3. The van der Waals surface area contributed by atoms with Gasteiger partial charge >= 0.3 is 0 Å². The number of nitrogens with zero attached hydrogens (tertiary/aromatic N) is 3. The first-order valence-electron chi connectivity index (χ1n) is 6.42. The van der Waals surface area contributed by atoms with Gasteiger partial charge < -0.3 is 4.90 Å². The predicted molar refractivity (Wildman–Crippen MR) is 86.9 cm³/mol. The topological polar surface area (TPSA) is 67.1 Å². The number of para-hydroxylation sites is 1. The van der Waals surface area contributed by atoms with E-state index in [9.17, 15) is 0 Å². The molecule has 0 fully saturated rings. The van der Waals surface area contributed by atoms with Crippen molar-refractivity contribution in [3.05, 3.63) is 53.6 Å². The molecule has 0 aliphatic carbocycles. The number of hydrazine groups is 1. The zero-order chi connectivity index (χ0) is 14.8. The van der Waals surface area contributed by atoms with Gasteiger partial charge in [-0.25, -0.2) is 10.8 Å². The number of nitrogen functional groups attached to an aromatic ring is 1. The molecule has 0 saturated carbocycles. The van der Waals surface area contributed by atoms with Crippen LogP contribution in [-0.2, 0) is 0 Å². The van der Waals surface area contributed by atoms with Gasteiger partial charge in [-0.15, -0.1) is 0 Å². The lowest BCUT2D eigenvalue weighted by Gasteiger charge is -2.21. The van der Waals surface area contributed by atoms with Crippen molar-refractivity contribution in [2.24, 2.45) is 5.84 Å². The Morgan fingerprint density at radius 2 is 1.81 bits per heavy atom. The van der Waals surface area contributed by atoms with Crippen LogP contribution in [0.1, 0.15) is 0 Å². The molecule has 0 aliphatic rings. The molecule has 5 nitrogen and oxygen atoms in total. The van der Waals surface area contributed by atoms with Crippen molar-refractivity contribution in [2.45, 2.75) is 0 Å². The highest BCUT2D eigenvalue weighted by Crippen LogP contribution is 2.33. The predicted octanol–water partition coefficient (Wildman–Crippen LogP) is 3.34. The number of hydrogen-bond donors (Lipinski definition) is 2. The average molecular weight is 300 g/mol. The molecule has 6 heteroatoms. The lowest BCUT2D eigenvalue weighted by Crippen LogP contribution is -2.16. The normalized spacial score (nSPS) is 10.6. The van der Waals surface area contributed by atoms with Crippen LogP contribution < -0.4 is 16.2 Å². The second-order valence-electron chi connectivity index (χ2n) is 4.54. The van der Waals surface area contributed by atoms with Gasteiger partial charge in [0.2, 0.25) is 5.95 Å². The molecule has 1 heterocycles. The minimum Gasteiger partial charge on any atom is -0.329 e. The van der Waals surface area contributed by atoms with E-state index in [1.807, 2.05) is 60.5 Å². The van der Waals surface area contributed by atoms with Crippen molar-refractivity contribution < 1.29 is 0 Å². The van der Waals surface area contributed by atoms with E-state index in [0.29, 0.717) is 16.8 Å². The Morgan fingerprint density at radius 1 is 1.05 bits per heavy atom. The Balaban J connectivity index is 2.25. The fourth-order valence-corrected chi connectivity index (χ4v) is 2.46. The summed E-state index contributed by atoms with van der Waals surface area (Å²) in [5.74, 6) is 6.51. The van der Waals surface area contributed by atoms with Crippen molar-refractivity contribution in [1.82, 2.24) is 9.97 Å². The van der Waals surface area contributed by atoms with Crippen LogP contribution in [-0.4, -0.2) is 17.0 Å². The molecule has 0 radical (unpaired) electrons. The number of benzene rings is 2. The molecule has 0 unspecified atom stereocenters. The van der Waals surface area contributed by atoms with E-state index in [4.69, 9.17) is 17.4 Å². The van der Waals surface area contributed by atoms with Crippen LogP contribution in [0, 0.1) is 0 Å². The number of aromatic nitrogens is 2. The second kappa shape index (κ2) is 5.55. The Kier molecular flexibility index (Phi) is 3.60. The minimum atomic E-state index is 0.350. The molecule has 0 aliphatic heterocycles. The Labute approximate surface area is 127 Å². The molecule has 2 aromatic carbocycles. The molecule has 0 bridgehead atoms. The van der Waals surface area contributed by atoms with Gasteiger partial charge in [0.25, 0.3) is 0 Å². The van der Waals surface area contributed by atoms with Gasteiger partial charge in [-0.05, 0) is 24.3 Å². The van der Waals surface area contributed by atoms with Gasteiger partial charge in [-0.2, -0.15) is 4.98 Å². The second-order valence-corrected chi connectivity index (χ2v) is 4.95. The summed E-state index contributed by atoms with van der Waals surface area (Å²) < 4.78 is 0. The lowest BCUT2D eigenvalue weighted by molar-refractivity contribution is 1.09. The highest BCUT2D eigenvalue weighted by atomic mass is 35.5. The molecule has 106 valence electrons. The molecule has 0 spiro atoms. The van der Waals surface area contributed by atoms with E-state index in [-0.39, 0.29) is 0 Å². The molecule has 3 N–H and O–H groups in total. The van der Waals surface area contributed by atoms with Gasteiger partial charge in [0.15, 0.2) is 0 Å². The highest BCUT2D eigenvalue weighted by Gasteiger charge is 2.15. The Hall–Kier alpha value is -2.37. The summed E-state index contributed by atoms with van der Waals surface area (Å²) in [6, 6.07) is 15.5. The molecule has 3 aromatic rings. The van der Waals surface area contributed by atoms with E-state index >= 15 is 0 Å². The largest absolute Gasteiger partial charge is 0.329 e. The van der Waals surface area contributed by atoms with Gasteiger partial charge in [-0.3, -0.25) is 5.43 Å². The smallest absolute Gasteiger partial charge is 0.239 e. The van der Waals surface area contributed by atoms with Crippen LogP contribution in [0.2, 0.25) is 5.02 Å². The van der Waals surface area contributed by atoms with Gasteiger partial charge in [0, 0.05) is 12.7 Å². The maximum Gasteiger partial charge on any atom is 0.239 e. The van der Waals surface area contributed by atoms with E-state index in [2.05, 4.69) is 15.4 Å². The van der Waals surface area contributed by atoms with Crippen LogP contribution in [0.25, 0.3) is 10.9 Å². The SMILES string of the molecule is CN(c1ccccc1)c1nc(NN)nc2cccc(Cl)c12. The van der Waals surface area contributed by atoms with E-state index in [1.54, 1.807) is 0 Å². The van der Waals surface area contributed by atoms with Crippen LogP contribution in [0.3, 0.4) is 0 Å². The fourth-order valence-electron chi connectivity index (χ4n) is 2.20. The zero-order valence-corrected chi connectivity index (χ0v) is 12.2. The van der Waals surface area contributed by atoms with Crippen molar-refractivity contribution >= 4 is 40.0 Å². The molecule has 3 rings (SSSR count). The molecule has 0 saturated heterocycles. The molecule has 21 heavy (non-hydrogen) atoms. The first kappa shape index (κ1) is 13.6. The van der Waals surface area contributed by atoms with Crippen LogP contribution in [0.4, 0.5) is 17.5 Å². The summed E-state index contributed by atoms with van der Waals surface area (Å²) in [5, 5.41) is 1.40. The molecular formula is C15H14ClN5. The first-order chi connectivity index (χ1) is 10.2. The number of nitrogens with one attached hydrogen (secondary N) is 1. The summed E-state index contributed by atoms with van der Waals surface area (Å²) in [5.41, 5.74) is 4.23. The summed E-state index contributed by atoms with van der Waals surface area (Å²) in [7, 11) is 1.93.